The average Bonchev–Trinajstić information content (AvgIpc) is 2.52. The third kappa shape index (κ3) is 1.99. The fourth-order valence-corrected chi connectivity index (χ4v) is 2.83. The molecule has 3 heteroatoms. The Morgan fingerprint density at radius 2 is 1.50 bits per heavy atom. The third-order valence-electron chi connectivity index (χ3n) is 3.86. The van der Waals surface area contributed by atoms with Gasteiger partial charge >= 0.3 is 0 Å². The predicted molar refractivity (Wildman–Crippen MR) is 78.9 cm³/mol. The van der Waals surface area contributed by atoms with E-state index in [0.717, 1.165) is 35.7 Å². The molecule has 1 aliphatic rings. The van der Waals surface area contributed by atoms with Crippen molar-refractivity contribution in [2.75, 3.05) is 21.3 Å². The van der Waals surface area contributed by atoms with E-state index in [9.17, 15) is 0 Å². The Bertz CT molecular complexity index is 630. The van der Waals surface area contributed by atoms with Gasteiger partial charge in [0.1, 0.15) is 17.2 Å². The van der Waals surface area contributed by atoms with Crippen molar-refractivity contribution >= 4 is 0 Å². The number of fused-ring (bicyclic) bond motifs is 3. The van der Waals surface area contributed by atoms with Gasteiger partial charge in [0.15, 0.2) is 0 Å². The molecule has 3 rings (SSSR count). The van der Waals surface area contributed by atoms with E-state index in [-0.39, 0.29) is 0 Å². The molecule has 0 aliphatic heterocycles. The van der Waals surface area contributed by atoms with Crippen LogP contribution in [-0.2, 0) is 12.8 Å². The van der Waals surface area contributed by atoms with Gasteiger partial charge < -0.3 is 14.2 Å². The van der Waals surface area contributed by atoms with Crippen molar-refractivity contribution in [3.63, 3.8) is 0 Å². The molecule has 0 bridgehead atoms. The third-order valence-corrected chi connectivity index (χ3v) is 3.86. The average molecular weight is 270 g/mol. The van der Waals surface area contributed by atoms with E-state index in [0.29, 0.717) is 0 Å². The van der Waals surface area contributed by atoms with Gasteiger partial charge in [0, 0.05) is 11.6 Å². The molecular weight excluding hydrogens is 252 g/mol. The lowest BCUT2D eigenvalue weighted by atomic mass is 9.84. The number of ether oxygens (including phenoxy) is 3. The highest BCUT2D eigenvalue weighted by atomic mass is 16.5. The van der Waals surface area contributed by atoms with Crippen molar-refractivity contribution in [1.82, 2.24) is 0 Å². The summed E-state index contributed by atoms with van der Waals surface area (Å²) in [4.78, 5) is 0. The number of aryl methyl sites for hydroxylation is 2. The first-order valence-corrected chi connectivity index (χ1v) is 6.69. The predicted octanol–water partition coefficient (Wildman–Crippen LogP) is 3.48. The molecule has 0 N–H and O–H groups in total. The molecule has 3 nitrogen and oxygen atoms in total. The molecule has 0 saturated carbocycles. The van der Waals surface area contributed by atoms with Crippen LogP contribution in [0.15, 0.2) is 30.3 Å². The number of methoxy groups -OCH3 is 3. The van der Waals surface area contributed by atoms with Gasteiger partial charge in [-0.2, -0.15) is 0 Å². The largest absolute Gasteiger partial charge is 0.497 e. The SMILES string of the molecule is COc1cc2c(c(OC)c1)-c1cc(OC)ccc1CC2. The van der Waals surface area contributed by atoms with E-state index in [2.05, 4.69) is 18.2 Å². The van der Waals surface area contributed by atoms with E-state index in [1.54, 1.807) is 21.3 Å². The highest BCUT2D eigenvalue weighted by Gasteiger charge is 2.21. The molecule has 0 radical (unpaired) electrons. The molecule has 0 fully saturated rings. The zero-order chi connectivity index (χ0) is 14.1. The highest BCUT2D eigenvalue weighted by Crippen LogP contribution is 2.43. The van der Waals surface area contributed by atoms with Crippen LogP contribution in [0.2, 0.25) is 0 Å². The fraction of sp³-hybridized carbons (Fsp3) is 0.294. The summed E-state index contributed by atoms with van der Waals surface area (Å²) in [5.41, 5.74) is 4.96. The van der Waals surface area contributed by atoms with Crippen molar-refractivity contribution in [2.45, 2.75) is 12.8 Å². The second kappa shape index (κ2) is 5.08. The maximum atomic E-state index is 5.56. The summed E-state index contributed by atoms with van der Waals surface area (Å²) in [5.74, 6) is 2.56. The Morgan fingerprint density at radius 1 is 0.750 bits per heavy atom. The molecule has 0 unspecified atom stereocenters. The van der Waals surface area contributed by atoms with E-state index < -0.39 is 0 Å². The van der Waals surface area contributed by atoms with Crippen LogP contribution < -0.4 is 14.2 Å². The minimum absolute atomic E-state index is 0.840. The first-order valence-electron chi connectivity index (χ1n) is 6.69. The van der Waals surface area contributed by atoms with Crippen LogP contribution in [0.3, 0.4) is 0 Å². The van der Waals surface area contributed by atoms with Crippen molar-refractivity contribution in [3.05, 3.63) is 41.5 Å². The standard InChI is InChI=1S/C17H18O3/c1-18-13-7-6-11-4-5-12-8-14(19-2)10-16(20-3)17(12)15(11)9-13/h6-10H,4-5H2,1-3H3. The normalized spacial score (nSPS) is 12.3. The Balaban J connectivity index is 2.24. The van der Waals surface area contributed by atoms with Crippen LogP contribution in [0.4, 0.5) is 0 Å². The van der Waals surface area contributed by atoms with Gasteiger partial charge in [0.2, 0.25) is 0 Å². The molecule has 0 atom stereocenters. The maximum Gasteiger partial charge on any atom is 0.130 e. The van der Waals surface area contributed by atoms with Crippen molar-refractivity contribution < 1.29 is 14.2 Å². The number of hydrogen-bond acceptors (Lipinski definition) is 3. The van der Waals surface area contributed by atoms with Gasteiger partial charge in [-0.1, -0.05) is 6.07 Å². The first-order chi connectivity index (χ1) is 9.76. The fourth-order valence-electron chi connectivity index (χ4n) is 2.83. The smallest absolute Gasteiger partial charge is 0.130 e. The maximum absolute atomic E-state index is 5.56. The van der Waals surface area contributed by atoms with Crippen molar-refractivity contribution in [3.8, 4) is 28.4 Å². The zero-order valence-electron chi connectivity index (χ0n) is 12.0. The molecule has 0 saturated heterocycles. The summed E-state index contributed by atoms with van der Waals surface area (Å²) in [6.07, 6.45) is 2.03. The Kier molecular flexibility index (Phi) is 3.26. The lowest BCUT2D eigenvalue weighted by molar-refractivity contribution is 0.394. The molecule has 2 aromatic carbocycles. The summed E-state index contributed by atoms with van der Waals surface area (Å²) >= 11 is 0. The second-order valence-electron chi connectivity index (χ2n) is 4.89. The summed E-state index contributed by atoms with van der Waals surface area (Å²) in [6.45, 7) is 0. The van der Waals surface area contributed by atoms with Crippen molar-refractivity contribution in [2.24, 2.45) is 0 Å². The molecule has 0 spiro atoms. The van der Waals surface area contributed by atoms with Crippen LogP contribution in [-0.4, -0.2) is 21.3 Å². The summed E-state index contributed by atoms with van der Waals surface area (Å²) < 4.78 is 16.3. The Morgan fingerprint density at radius 3 is 2.20 bits per heavy atom. The van der Waals surface area contributed by atoms with Crippen LogP contribution >= 0.6 is 0 Å². The monoisotopic (exact) mass is 270 g/mol. The number of benzene rings is 2. The summed E-state index contributed by atoms with van der Waals surface area (Å²) in [6, 6.07) is 10.3. The van der Waals surface area contributed by atoms with E-state index >= 15 is 0 Å². The van der Waals surface area contributed by atoms with Crippen LogP contribution in [0.25, 0.3) is 11.1 Å². The van der Waals surface area contributed by atoms with Gasteiger partial charge in [0.25, 0.3) is 0 Å². The molecule has 104 valence electrons. The van der Waals surface area contributed by atoms with Gasteiger partial charge in [0.05, 0.1) is 21.3 Å². The molecular formula is C17H18O3. The minimum atomic E-state index is 0.840. The van der Waals surface area contributed by atoms with E-state index in [1.165, 1.54) is 16.7 Å². The highest BCUT2D eigenvalue weighted by molar-refractivity contribution is 5.80. The molecule has 0 heterocycles. The van der Waals surface area contributed by atoms with Crippen LogP contribution in [0, 0.1) is 0 Å². The van der Waals surface area contributed by atoms with E-state index in [1.807, 2.05) is 12.1 Å². The molecule has 2 aromatic rings. The quantitative estimate of drug-likeness (QED) is 0.854. The van der Waals surface area contributed by atoms with Gasteiger partial charge in [-0.05, 0) is 47.7 Å². The summed E-state index contributed by atoms with van der Waals surface area (Å²) in [7, 11) is 5.07. The van der Waals surface area contributed by atoms with Gasteiger partial charge in [-0.3, -0.25) is 0 Å². The number of rotatable bonds is 3. The topological polar surface area (TPSA) is 27.7 Å². The van der Waals surface area contributed by atoms with Crippen LogP contribution in [0.1, 0.15) is 11.1 Å². The Hall–Kier alpha value is -2.16. The molecule has 0 aromatic heterocycles. The van der Waals surface area contributed by atoms with E-state index in [4.69, 9.17) is 14.2 Å². The molecule has 0 amide bonds. The second-order valence-corrected chi connectivity index (χ2v) is 4.89. The zero-order valence-corrected chi connectivity index (χ0v) is 12.0. The van der Waals surface area contributed by atoms with Crippen LogP contribution in [0.5, 0.6) is 17.2 Å². The van der Waals surface area contributed by atoms with Crippen molar-refractivity contribution in [1.29, 1.82) is 0 Å². The minimum Gasteiger partial charge on any atom is -0.497 e. The Labute approximate surface area is 119 Å². The first kappa shape index (κ1) is 12.9. The molecule has 1 aliphatic carbocycles. The number of hydrogen-bond donors (Lipinski definition) is 0. The van der Waals surface area contributed by atoms with Gasteiger partial charge in [-0.15, -0.1) is 0 Å². The molecule has 20 heavy (non-hydrogen) atoms. The van der Waals surface area contributed by atoms with Gasteiger partial charge in [-0.25, -0.2) is 0 Å². The lowest BCUT2D eigenvalue weighted by Gasteiger charge is -2.23. The lowest BCUT2D eigenvalue weighted by Crippen LogP contribution is -2.06. The summed E-state index contributed by atoms with van der Waals surface area (Å²) in [5, 5.41) is 0.